The molecule has 1 fully saturated rings. The van der Waals surface area contributed by atoms with Crippen LogP contribution in [0.2, 0.25) is 5.02 Å². The number of nitrogens with one attached hydrogen (secondary N) is 2. The van der Waals surface area contributed by atoms with E-state index in [4.69, 9.17) is 11.6 Å². The predicted octanol–water partition coefficient (Wildman–Crippen LogP) is 4.24. The summed E-state index contributed by atoms with van der Waals surface area (Å²) in [6, 6.07) is 13.1. The lowest BCUT2D eigenvalue weighted by molar-refractivity contribution is 0.208. The number of rotatable bonds is 4. The van der Waals surface area contributed by atoms with Crippen LogP contribution in [0, 0.1) is 13.8 Å². The zero-order chi connectivity index (χ0) is 21.8. The van der Waals surface area contributed by atoms with Gasteiger partial charge < -0.3 is 20.4 Å². The standard InChI is InChI=1S/C22H24ClN7O/c1-15-3-5-18(17(23)13-15)25-22(31)30-11-9-29(10-12-30)21-8-7-20(27-28-21)26-19-6-4-16(2)14-24-19/h3-8,13-14H,9-12H2,1-2H3,(H,25,31)(H,24,26,27). The highest BCUT2D eigenvalue weighted by atomic mass is 35.5. The van der Waals surface area contributed by atoms with Crippen LogP contribution >= 0.6 is 11.6 Å². The summed E-state index contributed by atoms with van der Waals surface area (Å²) >= 11 is 6.22. The number of benzene rings is 1. The molecule has 1 aromatic carbocycles. The summed E-state index contributed by atoms with van der Waals surface area (Å²) in [7, 11) is 0. The van der Waals surface area contributed by atoms with Gasteiger partial charge in [-0.15, -0.1) is 10.2 Å². The topological polar surface area (TPSA) is 86.3 Å². The molecule has 1 aliphatic heterocycles. The van der Waals surface area contributed by atoms with Gasteiger partial charge in [0.2, 0.25) is 0 Å². The van der Waals surface area contributed by atoms with Gasteiger partial charge in [-0.1, -0.05) is 23.7 Å². The first-order valence-corrected chi connectivity index (χ1v) is 10.5. The van der Waals surface area contributed by atoms with Crippen LogP contribution in [0.25, 0.3) is 0 Å². The number of amides is 2. The van der Waals surface area contributed by atoms with E-state index in [2.05, 4.69) is 30.7 Å². The van der Waals surface area contributed by atoms with Gasteiger partial charge in [0.25, 0.3) is 0 Å². The molecule has 0 spiro atoms. The Hall–Kier alpha value is -3.39. The molecule has 31 heavy (non-hydrogen) atoms. The molecule has 9 heteroatoms. The molecule has 0 radical (unpaired) electrons. The molecule has 1 saturated heterocycles. The summed E-state index contributed by atoms with van der Waals surface area (Å²) in [5.74, 6) is 2.14. The van der Waals surface area contributed by atoms with E-state index < -0.39 is 0 Å². The summed E-state index contributed by atoms with van der Waals surface area (Å²) in [6.07, 6.45) is 1.80. The number of aromatic nitrogens is 3. The SMILES string of the molecule is Cc1ccc(Nc2ccc(N3CCN(C(=O)Nc4ccc(C)cc4Cl)CC3)nn2)nc1. The zero-order valence-electron chi connectivity index (χ0n) is 17.5. The van der Waals surface area contributed by atoms with Crippen LogP contribution in [0.5, 0.6) is 0 Å². The first kappa shape index (κ1) is 20.9. The average molecular weight is 438 g/mol. The fourth-order valence-electron chi connectivity index (χ4n) is 3.29. The highest BCUT2D eigenvalue weighted by molar-refractivity contribution is 6.33. The van der Waals surface area contributed by atoms with E-state index in [1.54, 1.807) is 11.1 Å². The number of hydrogen-bond donors (Lipinski definition) is 2. The number of anilines is 4. The molecule has 2 N–H and O–H groups in total. The van der Waals surface area contributed by atoms with Crippen molar-refractivity contribution < 1.29 is 4.79 Å². The van der Waals surface area contributed by atoms with Crippen molar-refractivity contribution in [3.63, 3.8) is 0 Å². The third kappa shape index (κ3) is 5.21. The summed E-state index contributed by atoms with van der Waals surface area (Å²) in [5, 5.41) is 15.1. The molecule has 0 bridgehead atoms. The predicted molar refractivity (Wildman–Crippen MR) is 123 cm³/mol. The fraction of sp³-hybridized carbons (Fsp3) is 0.273. The number of aryl methyl sites for hydroxylation is 2. The molecule has 3 aromatic rings. The number of halogens is 1. The third-order valence-corrected chi connectivity index (χ3v) is 5.39. The average Bonchev–Trinajstić information content (AvgIpc) is 2.78. The van der Waals surface area contributed by atoms with Gasteiger partial charge in [-0.3, -0.25) is 0 Å². The van der Waals surface area contributed by atoms with Crippen LogP contribution in [0.15, 0.2) is 48.7 Å². The van der Waals surface area contributed by atoms with Gasteiger partial charge in [-0.2, -0.15) is 0 Å². The van der Waals surface area contributed by atoms with E-state index in [0.717, 1.165) is 22.8 Å². The van der Waals surface area contributed by atoms with Gasteiger partial charge in [0.15, 0.2) is 11.6 Å². The van der Waals surface area contributed by atoms with Gasteiger partial charge in [-0.05, 0) is 55.3 Å². The quantitative estimate of drug-likeness (QED) is 0.634. The summed E-state index contributed by atoms with van der Waals surface area (Å²) in [4.78, 5) is 20.8. The third-order valence-electron chi connectivity index (χ3n) is 5.08. The van der Waals surface area contributed by atoms with Gasteiger partial charge in [0, 0.05) is 32.4 Å². The molecule has 4 rings (SSSR count). The summed E-state index contributed by atoms with van der Waals surface area (Å²) < 4.78 is 0. The highest BCUT2D eigenvalue weighted by Gasteiger charge is 2.22. The van der Waals surface area contributed by atoms with Crippen LogP contribution in [-0.2, 0) is 0 Å². The van der Waals surface area contributed by atoms with E-state index >= 15 is 0 Å². The first-order valence-electron chi connectivity index (χ1n) is 10.1. The van der Waals surface area contributed by atoms with Gasteiger partial charge >= 0.3 is 6.03 Å². The minimum absolute atomic E-state index is 0.151. The number of nitrogens with zero attached hydrogens (tertiary/aromatic N) is 5. The Morgan fingerprint density at radius 2 is 1.68 bits per heavy atom. The molecule has 0 unspecified atom stereocenters. The second kappa shape index (κ2) is 9.18. The number of urea groups is 1. The molecule has 2 aromatic heterocycles. The summed E-state index contributed by atoms with van der Waals surface area (Å²) in [5.41, 5.74) is 2.77. The Balaban J connectivity index is 1.31. The Morgan fingerprint density at radius 3 is 2.32 bits per heavy atom. The van der Waals surface area contributed by atoms with Crippen molar-refractivity contribution in [1.82, 2.24) is 20.1 Å². The second-order valence-electron chi connectivity index (χ2n) is 7.51. The second-order valence-corrected chi connectivity index (χ2v) is 7.92. The molecule has 0 atom stereocenters. The first-order chi connectivity index (χ1) is 15.0. The van der Waals surface area contributed by atoms with E-state index in [0.29, 0.717) is 42.7 Å². The van der Waals surface area contributed by atoms with E-state index in [1.807, 2.05) is 56.3 Å². The molecule has 160 valence electrons. The van der Waals surface area contributed by atoms with Crippen molar-refractivity contribution in [2.45, 2.75) is 13.8 Å². The highest BCUT2D eigenvalue weighted by Crippen LogP contribution is 2.23. The lowest BCUT2D eigenvalue weighted by Crippen LogP contribution is -2.50. The van der Waals surface area contributed by atoms with Crippen LogP contribution in [0.4, 0.5) is 27.9 Å². The number of carbonyl (C=O) groups is 1. The van der Waals surface area contributed by atoms with Gasteiger partial charge in [0.1, 0.15) is 5.82 Å². The van der Waals surface area contributed by atoms with Crippen molar-refractivity contribution in [3.8, 4) is 0 Å². The normalized spacial score (nSPS) is 13.8. The lowest BCUT2D eigenvalue weighted by Gasteiger charge is -2.35. The van der Waals surface area contributed by atoms with Crippen molar-refractivity contribution in [2.75, 3.05) is 41.7 Å². The van der Waals surface area contributed by atoms with E-state index in [9.17, 15) is 4.79 Å². The number of hydrogen-bond acceptors (Lipinski definition) is 6. The molecule has 0 aliphatic carbocycles. The van der Waals surface area contributed by atoms with Gasteiger partial charge in [-0.25, -0.2) is 9.78 Å². The Bertz CT molecular complexity index is 1050. The van der Waals surface area contributed by atoms with Crippen LogP contribution in [0.3, 0.4) is 0 Å². The Labute approximate surface area is 186 Å². The molecular formula is C22H24ClN7O. The minimum atomic E-state index is -0.151. The van der Waals surface area contributed by atoms with Crippen LogP contribution in [-0.4, -0.2) is 52.3 Å². The molecule has 0 saturated carbocycles. The van der Waals surface area contributed by atoms with Crippen LogP contribution in [0.1, 0.15) is 11.1 Å². The maximum atomic E-state index is 12.6. The van der Waals surface area contributed by atoms with E-state index in [-0.39, 0.29) is 6.03 Å². The number of piperazine rings is 1. The molecule has 3 heterocycles. The molecule has 1 aliphatic rings. The van der Waals surface area contributed by atoms with Crippen molar-refractivity contribution in [2.24, 2.45) is 0 Å². The fourth-order valence-corrected chi connectivity index (χ4v) is 3.57. The number of pyridine rings is 1. The molecule has 2 amide bonds. The maximum absolute atomic E-state index is 12.6. The monoisotopic (exact) mass is 437 g/mol. The Morgan fingerprint density at radius 1 is 0.935 bits per heavy atom. The minimum Gasteiger partial charge on any atom is -0.352 e. The van der Waals surface area contributed by atoms with Crippen molar-refractivity contribution >= 4 is 40.8 Å². The molecular weight excluding hydrogens is 414 g/mol. The lowest BCUT2D eigenvalue weighted by atomic mass is 10.2. The van der Waals surface area contributed by atoms with E-state index in [1.165, 1.54) is 0 Å². The zero-order valence-corrected chi connectivity index (χ0v) is 18.2. The van der Waals surface area contributed by atoms with Crippen LogP contribution < -0.4 is 15.5 Å². The Kier molecular flexibility index (Phi) is 6.18. The van der Waals surface area contributed by atoms with Crippen molar-refractivity contribution in [1.29, 1.82) is 0 Å². The largest absolute Gasteiger partial charge is 0.352 e. The van der Waals surface area contributed by atoms with Crippen molar-refractivity contribution in [3.05, 3.63) is 64.8 Å². The van der Waals surface area contributed by atoms with Gasteiger partial charge in [0.05, 0.1) is 10.7 Å². The smallest absolute Gasteiger partial charge is 0.322 e. The number of carbonyl (C=O) groups excluding carboxylic acids is 1. The summed E-state index contributed by atoms with van der Waals surface area (Å²) in [6.45, 7) is 6.48. The maximum Gasteiger partial charge on any atom is 0.322 e. The molecule has 8 nitrogen and oxygen atoms in total.